The van der Waals surface area contributed by atoms with Crippen LogP contribution in [-0.2, 0) is 9.53 Å². The molecule has 0 fully saturated rings. The maximum atomic E-state index is 10.2. The Labute approximate surface area is 59.2 Å². The van der Waals surface area contributed by atoms with Crippen LogP contribution in [0.4, 0.5) is 0 Å². The summed E-state index contributed by atoms with van der Waals surface area (Å²) >= 11 is 4.54. The number of rotatable bonds is 2. The van der Waals surface area contributed by atoms with Crippen LogP contribution in [0, 0.1) is 0 Å². The Balaban J connectivity index is 3.63. The molecule has 3 nitrogen and oxygen atoms in total. The summed E-state index contributed by atoms with van der Waals surface area (Å²) in [6.07, 6.45) is -0.447. The Morgan fingerprint density at radius 1 is 1.78 bits per heavy atom. The molecule has 0 radical (unpaired) electrons. The molecule has 52 valence electrons. The summed E-state index contributed by atoms with van der Waals surface area (Å²) in [5.41, 5.74) is 5.14. The third-order valence-corrected chi connectivity index (χ3v) is 1.08. The zero-order chi connectivity index (χ0) is 7.44. The highest BCUT2D eigenvalue weighted by atomic mass is 32.1. The Hall–Kier alpha value is -0.640. The van der Waals surface area contributed by atoms with E-state index in [1.165, 1.54) is 6.92 Å². The van der Waals surface area contributed by atoms with Crippen LogP contribution in [-0.4, -0.2) is 17.1 Å². The molecule has 0 spiro atoms. The van der Waals surface area contributed by atoms with Crippen LogP contribution >= 0.6 is 12.2 Å². The highest BCUT2D eigenvalue weighted by Crippen LogP contribution is 1.89. The van der Waals surface area contributed by atoms with E-state index in [2.05, 4.69) is 17.0 Å². The summed E-state index contributed by atoms with van der Waals surface area (Å²) in [5, 5.41) is 0. The summed E-state index contributed by atoms with van der Waals surface area (Å²) in [5.74, 6) is -0.365. The number of esters is 1. The molecular weight excluding hydrogens is 138 g/mol. The standard InChI is InChI=1S/C5H9NO2S/c1-3(5(6)9)8-4(2)7/h3H,1-2H3,(H2,6,9)/t3-/m1/s1. The summed E-state index contributed by atoms with van der Waals surface area (Å²) in [6.45, 7) is 2.94. The van der Waals surface area contributed by atoms with Gasteiger partial charge < -0.3 is 10.5 Å². The summed E-state index contributed by atoms with van der Waals surface area (Å²) in [7, 11) is 0. The van der Waals surface area contributed by atoms with Gasteiger partial charge in [-0.05, 0) is 6.92 Å². The molecular formula is C5H9NO2S. The minimum atomic E-state index is -0.447. The lowest BCUT2D eigenvalue weighted by molar-refractivity contribution is -0.142. The van der Waals surface area contributed by atoms with Crippen molar-refractivity contribution in [3.8, 4) is 0 Å². The molecule has 2 N–H and O–H groups in total. The fourth-order valence-electron chi connectivity index (χ4n) is 0.307. The highest BCUT2D eigenvalue weighted by molar-refractivity contribution is 7.80. The van der Waals surface area contributed by atoms with E-state index in [4.69, 9.17) is 5.73 Å². The van der Waals surface area contributed by atoms with E-state index < -0.39 is 6.10 Å². The van der Waals surface area contributed by atoms with Gasteiger partial charge >= 0.3 is 5.97 Å². The number of ether oxygens (including phenoxy) is 1. The van der Waals surface area contributed by atoms with Crippen LogP contribution in [0.5, 0.6) is 0 Å². The molecule has 0 saturated carbocycles. The number of hydrogen-bond donors (Lipinski definition) is 1. The maximum Gasteiger partial charge on any atom is 0.303 e. The molecule has 4 heteroatoms. The first-order chi connectivity index (χ1) is 4.04. The van der Waals surface area contributed by atoms with Crippen molar-refractivity contribution in [3.63, 3.8) is 0 Å². The van der Waals surface area contributed by atoms with Gasteiger partial charge in [0.25, 0.3) is 0 Å². The number of hydrogen-bond acceptors (Lipinski definition) is 3. The van der Waals surface area contributed by atoms with Crippen molar-refractivity contribution in [2.24, 2.45) is 5.73 Å². The van der Waals surface area contributed by atoms with Crippen molar-refractivity contribution in [1.82, 2.24) is 0 Å². The third kappa shape index (κ3) is 3.90. The van der Waals surface area contributed by atoms with Gasteiger partial charge in [0.1, 0.15) is 11.1 Å². The smallest absolute Gasteiger partial charge is 0.303 e. The quantitative estimate of drug-likeness (QED) is 0.448. The molecule has 9 heavy (non-hydrogen) atoms. The SMILES string of the molecule is CC(=O)O[C@H](C)C(N)=S. The maximum absolute atomic E-state index is 10.2. The van der Waals surface area contributed by atoms with Gasteiger partial charge in [0, 0.05) is 6.92 Å². The second kappa shape index (κ2) is 3.40. The average molecular weight is 147 g/mol. The minimum absolute atomic E-state index is 0.199. The van der Waals surface area contributed by atoms with Gasteiger partial charge in [0.15, 0.2) is 0 Å². The number of nitrogens with two attached hydrogens (primary N) is 1. The lowest BCUT2D eigenvalue weighted by Crippen LogP contribution is -2.27. The number of carbonyl (C=O) groups is 1. The van der Waals surface area contributed by atoms with Crippen LogP contribution in [0.15, 0.2) is 0 Å². The third-order valence-electron chi connectivity index (χ3n) is 0.743. The van der Waals surface area contributed by atoms with E-state index >= 15 is 0 Å². The molecule has 0 aliphatic heterocycles. The van der Waals surface area contributed by atoms with E-state index in [0.717, 1.165) is 0 Å². The van der Waals surface area contributed by atoms with Gasteiger partial charge in [-0.3, -0.25) is 4.79 Å². The van der Waals surface area contributed by atoms with Gasteiger partial charge in [-0.15, -0.1) is 0 Å². The molecule has 0 unspecified atom stereocenters. The van der Waals surface area contributed by atoms with Gasteiger partial charge in [-0.2, -0.15) is 0 Å². The Kier molecular flexibility index (Phi) is 3.16. The summed E-state index contributed by atoms with van der Waals surface area (Å²) in [6, 6.07) is 0. The molecule has 0 saturated heterocycles. The molecule has 0 aromatic heterocycles. The second-order valence-electron chi connectivity index (χ2n) is 1.65. The normalized spacial score (nSPS) is 12.2. The first-order valence-electron chi connectivity index (χ1n) is 2.50. The Bertz CT molecular complexity index is 135. The molecule has 0 bridgehead atoms. The molecule has 0 amide bonds. The van der Waals surface area contributed by atoms with E-state index in [-0.39, 0.29) is 11.0 Å². The molecule has 0 heterocycles. The van der Waals surface area contributed by atoms with E-state index in [0.29, 0.717) is 0 Å². The van der Waals surface area contributed by atoms with Gasteiger partial charge in [-0.1, -0.05) is 12.2 Å². The molecule has 0 rings (SSSR count). The predicted octanol–water partition coefficient (Wildman–Crippen LogP) is 0.224. The number of carbonyl (C=O) groups excluding carboxylic acids is 1. The van der Waals surface area contributed by atoms with Crippen LogP contribution < -0.4 is 5.73 Å². The first kappa shape index (κ1) is 8.36. The van der Waals surface area contributed by atoms with E-state index in [1.54, 1.807) is 6.92 Å². The van der Waals surface area contributed by atoms with Crippen molar-refractivity contribution >= 4 is 23.2 Å². The highest BCUT2D eigenvalue weighted by Gasteiger charge is 2.06. The number of thiocarbonyl (C=S) groups is 1. The van der Waals surface area contributed by atoms with Crippen LogP contribution in [0.25, 0.3) is 0 Å². The van der Waals surface area contributed by atoms with Gasteiger partial charge in [-0.25, -0.2) is 0 Å². The van der Waals surface area contributed by atoms with E-state index in [9.17, 15) is 4.79 Å². The van der Waals surface area contributed by atoms with Crippen LogP contribution in [0.1, 0.15) is 13.8 Å². The fourth-order valence-corrected chi connectivity index (χ4v) is 0.355. The van der Waals surface area contributed by atoms with Crippen molar-refractivity contribution in [2.45, 2.75) is 20.0 Å². The summed E-state index contributed by atoms with van der Waals surface area (Å²) in [4.78, 5) is 10.4. The molecule has 0 aromatic carbocycles. The first-order valence-corrected chi connectivity index (χ1v) is 2.91. The van der Waals surface area contributed by atoms with Crippen LogP contribution in [0.2, 0.25) is 0 Å². The average Bonchev–Trinajstić information content (AvgIpc) is 1.63. The Morgan fingerprint density at radius 3 is 2.33 bits per heavy atom. The van der Waals surface area contributed by atoms with Crippen molar-refractivity contribution < 1.29 is 9.53 Å². The molecule has 0 aliphatic carbocycles. The topological polar surface area (TPSA) is 52.3 Å². The minimum Gasteiger partial charge on any atom is -0.456 e. The molecule has 0 aromatic rings. The summed E-state index contributed by atoms with van der Waals surface area (Å²) < 4.78 is 4.61. The fraction of sp³-hybridized carbons (Fsp3) is 0.600. The lowest BCUT2D eigenvalue weighted by atomic mass is 10.4. The zero-order valence-corrected chi connectivity index (χ0v) is 6.20. The van der Waals surface area contributed by atoms with E-state index in [1.807, 2.05) is 0 Å². The Morgan fingerprint density at radius 2 is 2.22 bits per heavy atom. The second-order valence-corrected chi connectivity index (χ2v) is 2.13. The van der Waals surface area contributed by atoms with Crippen molar-refractivity contribution in [3.05, 3.63) is 0 Å². The predicted molar refractivity (Wildman–Crippen MR) is 38.0 cm³/mol. The van der Waals surface area contributed by atoms with Gasteiger partial charge in [0.2, 0.25) is 0 Å². The zero-order valence-electron chi connectivity index (χ0n) is 5.38. The van der Waals surface area contributed by atoms with Crippen molar-refractivity contribution in [1.29, 1.82) is 0 Å². The monoisotopic (exact) mass is 147 g/mol. The lowest BCUT2D eigenvalue weighted by Gasteiger charge is -2.07. The molecule has 0 aliphatic rings. The molecule has 1 atom stereocenters. The largest absolute Gasteiger partial charge is 0.456 e. The van der Waals surface area contributed by atoms with Crippen molar-refractivity contribution in [2.75, 3.05) is 0 Å². The van der Waals surface area contributed by atoms with Crippen LogP contribution in [0.3, 0.4) is 0 Å². The van der Waals surface area contributed by atoms with Gasteiger partial charge in [0.05, 0.1) is 0 Å².